The monoisotopic (exact) mass is 236 g/mol. The van der Waals surface area contributed by atoms with Crippen LogP contribution >= 0.6 is 0 Å². The molecule has 0 atom stereocenters. The Labute approximate surface area is 99.8 Å². The van der Waals surface area contributed by atoms with Crippen LogP contribution in [-0.2, 0) is 4.74 Å². The summed E-state index contributed by atoms with van der Waals surface area (Å²) in [5.74, 6) is -0.458. The number of rotatable bonds is 4. The summed E-state index contributed by atoms with van der Waals surface area (Å²) in [5.41, 5.74) is 0.827. The van der Waals surface area contributed by atoms with Crippen molar-refractivity contribution in [2.45, 2.75) is 24.8 Å². The molecule has 1 heterocycles. The number of pyridine rings is 1. The van der Waals surface area contributed by atoms with Crippen molar-refractivity contribution >= 4 is 11.7 Å². The topological polar surface area (TPSA) is 71.5 Å². The normalized spacial score (nSPS) is 17.1. The third-order valence-corrected chi connectivity index (χ3v) is 3.18. The number of methoxy groups -OCH3 is 1. The number of aromatic nitrogens is 1. The molecule has 0 radical (unpaired) electrons. The Morgan fingerprint density at radius 1 is 1.65 bits per heavy atom. The third-order valence-electron chi connectivity index (χ3n) is 3.18. The van der Waals surface area contributed by atoms with E-state index in [-0.39, 0.29) is 17.8 Å². The van der Waals surface area contributed by atoms with Gasteiger partial charge < -0.3 is 15.2 Å². The maximum atomic E-state index is 11.3. The first-order valence-electron chi connectivity index (χ1n) is 5.62. The summed E-state index contributed by atoms with van der Waals surface area (Å²) in [5, 5.41) is 12.6. The van der Waals surface area contributed by atoms with Crippen molar-refractivity contribution in [3.8, 4) is 0 Å². The van der Waals surface area contributed by atoms with E-state index in [1.165, 1.54) is 7.11 Å². The molecule has 5 heteroatoms. The van der Waals surface area contributed by atoms with Crippen molar-refractivity contribution in [3.63, 3.8) is 0 Å². The molecule has 5 nitrogen and oxygen atoms in total. The molecule has 2 rings (SSSR count). The largest absolute Gasteiger partial charge is 0.464 e. The molecule has 0 aliphatic heterocycles. The predicted octanol–water partition coefficient (Wildman–Crippen LogP) is 1.20. The molecule has 1 aliphatic carbocycles. The summed E-state index contributed by atoms with van der Waals surface area (Å²) in [6.45, 7) is 0.100. The number of carbonyl (C=O) groups excluding carboxylic acids is 1. The van der Waals surface area contributed by atoms with Gasteiger partial charge in [-0.05, 0) is 31.4 Å². The maximum Gasteiger partial charge on any atom is 0.356 e. The minimum Gasteiger partial charge on any atom is -0.464 e. The Morgan fingerprint density at radius 2 is 2.41 bits per heavy atom. The third kappa shape index (κ3) is 2.39. The second kappa shape index (κ2) is 4.71. The van der Waals surface area contributed by atoms with Crippen molar-refractivity contribution in [1.29, 1.82) is 0 Å². The van der Waals surface area contributed by atoms with E-state index in [1.807, 2.05) is 0 Å². The highest BCUT2D eigenvalue weighted by molar-refractivity contribution is 5.88. The van der Waals surface area contributed by atoms with E-state index in [9.17, 15) is 9.90 Å². The standard InChI is InChI=1S/C12H16N2O3/c1-17-11(16)10-7-9(3-6-13-10)14-12(8-15)4-2-5-12/h3,6-7,15H,2,4-5,8H2,1H3,(H,13,14). The average molecular weight is 236 g/mol. The fourth-order valence-corrected chi connectivity index (χ4v) is 1.96. The second-order valence-corrected chi connectivity index (χ2v) is 4.34. The van der Waals surface area contributed by atoms with Crippen LogP contribution in [0.1, 0.15) is 29.8 Å². The number of carbonyl (C=O) groups is 1. The Balaban J connectivity index is 2.13. The van der Waals surface area contributed by atoms with Gasteiger partial charge in [-0.2, -0.15) is 0 Å². The minimum atomic E-state index is -0.458. The van der Waals surface area contributed by atoms with E-state index in [1.54, 1.807) is 18.3 Å². The number of esters is 1. The number of nitrogens with one attached hydrogen (secondary N) is 1. The Hall–Kier alpha value is -1.62. The molecular weight excluding hydrogens is 220 g/mol. The minimum absolute atomic E-state index is 0.100. The van der Waals surface area contributed by atoms with Crippen LogP contribution in [0.4, 0.5) is 5.69 Å². The highest BCUT2D eigenvalue weighted by Gasteiger charge is 2.36. The molecule has 1 aromatic rings. The highest BCUT2D eigenvalue weighted by Crippen LogP contribution is 2.34. The van der Waals surface area contributed by atoms with Gasteiger partial charge in [0.1, 0.15) is 5.69 Å². The summed E-state index contributed by atoms with van der Waals surface area (Å²) in [6.07, 6.45) is 4.56. The fourth-order valence-electron chi connectivity index (χ4n) is 1.96. The molecule has 92 valence electrons. The van der Waals surface area contributed by atoms with Gasteiger partial charge in [-0.1, -0.05) is 0 Å². The number of anilines is 1. The molecule has 1 aliphatic rings. The zero-order valence-corrected chi connectivity index (χ0v) is 9.77. The number of nitrogens with zero attached hydrogens (tertiary/aromatic N) is 1. The lowest BCUT2D eigenvalue weighted by atomic mass is 9.77. The van der Waals surface area contributed by atoms with Crippen LogP contribution in [0.25, 0.3) is 0 Å². The van der Waals surface area contributed by atoms with Crippen LogP contribution < -0.4 is 5.32 Å². The molecule has 0 saturated heterocycles. The molecule has 0 unspecified atom stereocenters. The fraction of sp³-hybridized carbons (Fsp3) is 0.500. The van der Waals surface area contributed by atoms with Crippen LogP contribution in [0.3, 0.4) is 0 Å². The molecule has 0 aromatic carbocycles. The number of aliphatic hydroxyl groups is 1. The van der Waals surface area contributed by atoms with Gasteiger partial charge in [0.2, 0.25) is 0 Å². The van der Waals surface area contributed by atoms with Gasteiger partial charge in [0, 0.05) is 11.9 Å². The van der Waals surface area contributed by atoms with E-state index in [2.05, 4.69) is 15.0 Å². The number of aliphatic hydroxyl groups excluding tert-OH is 1. The van der Waals surface area contributed by atoms with Gasteiger partial charge >= 0.3 is 5.97 Å². The van der Waals surface area contributed by atoms with Crippen LogP contribution in [0.5, 0.6) is 0 Å². The summed E-state index contributed by atoms with van der Waals surface area (Å²) < 4.78 is 4.61. The molecule has 1 saturated carbocycles. The van der Waals surface area contributed by atoms with Gasteiger partial charge in [-0.3, -0.25) is 0 Å². The molecule has 1 aromatic heterocycles. The van der Waals surface area contributed by atoms with Crippen molar-refractivity contribution in [1.82, 2.24) is 4.98 Å². The van der Waals surface area contributed by atoms with Crippen molar-refractivity contribution in [2.24, 2.45) is 0 Å². The predicted molar refractivity (Wildman–Crippen MR) is 62.9 cm³/mol. The molecule has 0 amide bonds. The van der Waals surface area contributed by atoms with E-state index in [4.69, 9.17) is 0 Å². The lowest BCUT2D eigenvalue weighted by Crippen LogP contribution is -2.48. The van der Waals surface area contributed by atoms with Gasteiger partial charge in [0.25, 0.3) is 0 Å². The van der Waals surface area contributed by atoms with Gasteiger partial charge in [-0.15, -0.1) is 0 Å². The summed E-state index contributed by atoms with van der Waals surface area (Å²) in [7, 11) is 1.32. The second-order valence-electron chi connectivity index (χ2n) is 4.34. The lowest BCUT2D eigenvalue weighted by Gasteiger charge is -2.41. The van der Waals surface area contributed by atoms with E-state index >= 15 is 0 Å². The van der Waals surface area contributed by atoms with E-state index in [0.717, 1.165) is 24.9 Å². The Bertz CT molecular complexity index is 410. The molecule has 1 fully saturated rings. The van der Waals surface area contributed by atoms with Gasteiger partial charge in [0.05, 0.1) is 19.3 Å². The summed E-state index contributed by atoms with van der Waals surface area (Å²) in [4.78, 5) is 15.3. The smallest absolute Gasteiger partial charge is 0.356 e. The summed E-state index contributed by atoms with van der Waals surface area (Å²) >= 11 is 0. The summed E-state index contributed by atoms with van der Waals surface area (Å²) in [6, 6.07) is 3.42. The zero-order valence-electron chi connectivity index (χ0n) is 9.77. The van der Waals surface area contributed by atoms with Gasteiger partial charge in [0.15, 0.2) is 0 Å². The van der Waals surface area contributed by atoms with Crippen LogP contribution in [0.15, 0.2) is 18.3 Å². The Kier molecular flexibility index (Phi) is 3.28. The molecule has 17 heavy (non-hydrogen) atoms. The first-order valence-corrected chi connectivity index (χ1v) is 5.62. The van der Waals surface area contributed by atoms with Crippen molar-refractivity contribution < 1.29 is 14.6 Å². The molecule has 0 spiro atoms. The average Bonchev–Trinajstić information content (AvgIpc) is 2.33. The lowest BCUT2D eigenvalue weighted by molar-refractivity contribution is 0.0594. The van der Waals surface area contributed by atoms with E-state index in [0.29, 0.717) is 0 Å². The number of hydrogen-bond acceptors (Lipinski definition) is 5. The highest BCUT2D eigenvalue weighted by atomic mass is 16.5. The number of hydrogen-bond donors (Lipinski definition) is 2. The first kappa shape index (κ1) is 11.9. The number of ether oxygens (including phenoxy) is 1. The molecule has 0 bridgehead atoms. The van der Waals surface area contributed by atoms with Crippen molar-refractivity contribution in [3.05, 3.63) is 24.0 Å². The van der Waals surface area contributed by atoms with Crippen LogP contribution in [0, 0.1) is 0 Å². The quantitative estimate of drug-likeness (QED) is 0.768. The van der Waals surface area contributed by atoms with E-state index < -0.39 is 5.97 Å². The molecule has 2 N–H and O–H groups in total. The Morgan fingerprint density at radius 3 is 2.94 bits per heavy atom. The first-order chi connectivity index (χ1) is 8.19. The molecular formula is C12H16N2O3. The van der Waals surface area contributed by atoms with Crippen LogP contribution in [0.2, 0.25) is 0 Å². The van der Waals surface area contributed by atoms with Crippen molar-refractivity contribution in [2.75, 3.05) is 19.0 Å². The maximum absolute atomic E-state index is 11.3. The van der Waals surface area contributed by atoms with Crippen LogP contribution in [-0.4, -0.2) is 35.3 Å². The van der Waals surface area contributed by atoms with Gasteiger partial charge in [-0.25, -0.2) is 9.78 Å². The SMILES string of the molecule is COC(=O)c1cc(NC2(CO)CCC2)ccn1. The zero-order chi connectivity index (χ0) is 12.3.